The number of nitrogens with zero attached hydrogens (tertiary/aromatic N) is 3. The Hall–Kier alpha value is -1.59. The van der Waals surface area contributed by atoms with Crippen LogP contribution in [0.2, 0.25) is 0 Å². The van der Waals surface area contributed by atoms with Gasteiger partial charge in [-0.1, -0.05) is 12.1 Å². The van der Waals surface area contributed by atoms with E-state index in [0.29, 0.717) is 0 Å². The van der Waals surface area contributed by atoms with Crippen LogP contribution >= 0.6 is 0 Å². The van der Waals surface area contributed by atoms with E-state index < -0.39 is 0 Å². The summed E-state index contributed by atoms with van der Waals surface area (Å²) in [5.74, 6) is 0.154. The van der Waals surface area contributed by atoms with Gasteiger partial charge in [-0.15, -0.1) is 0 Å². The van der Waals surface area contributed by atoms with E-state index in [1.807, 2.05) is 23.1 Å². The van der Waals surface area contributed by atoms with Gasteiger partial charge >= 0.3 is 0 Å². The lowest BCUT2D eigenvalue weighted by Gasteiger charge is -2.45. The predicted octanol–water partition coefficient (Wildman–Crippen LogP) is 0.846. The molecule has 3 aliphatic rings. The Morgan fingerprint density at radius 1 is 1.11 bits per heavy atom. The third-order valence-corrected chi connectivity index (χ3v) is 4.24. The highest BCUT2D eigenvalue weighted by molar-refractivity contribution is 6.02. The molecule has 1 unspecified atom stereocenters. The number of benzene rings is 1. The summed E-state index contributed by atoms with van der Waals surface area (Å²) in [5, 5.41) is 8.11. The molecule has 0 bridgehead atoms. The highest BCUT2D eigenvalue weighted by Crippen LogP contribution is 2.33. The molecule has 0 aromatic heterocycles. The fourth-order valence-electron chi connectivity index (χ4n) is 3.34. The van der Waals surface area contributed by atoms with E-state index in [4.69, 9.17) is 0 Å². The van der Waals surface area contributed by atoms with Crippen molar-refractivity contribution in [1.29, 1.82) is 0 Å². The summed E-state index contributed by atoms with van der Waals surface area (Å²) in [6, 6.07) is 7.96. The Morgan fingerprint density at radius 3 is 2.74 bits per heavy atom. The molecule has 0 aliphatic carbocycles. The summed E-state index contributed by atoms with van der Waals surface area (Å²) in [7, 11) is 0. The summed E-state index contributed by atoms with van der Waals surface area (Å²) in [5.41, 5.74) is 1.87. The van der Waals surface area contributed by atoms with Gasteiger partial charge in [0, 0.05) is 26.2 Å². The molecule has 4 rings (SSSR count). The van der Waals surface area contributed by atoms with E-state index in [2.05, 4.69) is 21.4 Å². The Bertz CT molecular complexity index is 512. The molecule has 2 saturated heterocycles. The smallest absolute Gasteiger partial charge is 0.258 e. The van der Waals surface area contributed by atoms with Crippen LogP contribution in [0.3, 0.4) is 0 Å². The van der Waals surface area contributed by atoms with Crippen molar-refractivity contribution in [3.63, 3.8) is 0 Å². The molecular weight excluding hydrogens is 240 g/mol. The lowest BCUT2D eigenvalue weighted by Crippen LogP contribution is -2.61. The van der Waals surface area contributed by atoms with Crippen LogP contribution in [0.5, 0.6) is 0 Å². The van der Waals surface area contributed by atoms with Crippen LogP contribution in [0.25, 0.3) is 0 Å². The minimum atomic E-state index is 0.000463. The molecular formula is C14H18N4O. The highest BCUT2D eigenvalue weighted by atomic mass is 16.2. The number of carbonyl (C=O) groups excluding carboxylic acids is 1. The number of hydrogen-bond acceptors (Lipinski definition) is 4. The molecule has 1 N–H and O–H groups in total. The van der Waals surface area contributed by atoms with Crippen molar-refractivity contribution in [2.45, 2.75) is 19.1 Å². The lowest BCUT2D eigenvalue weighted by atomic mass is 10.1. The quantitative estimate of drug-likeness (QED) is 0.810. The molecule has 5 heteroatoms. The Kier molecular flexibility index (Phi) is 2.50. The maximum absolute atomic E-state index is 12.5. The van der Waals surface area contributed by atoms with Crippen molar-refractivity contribution in [3.8, 4) is 0 Å². The lowest BCUT2D eigenvalue weighted by molar-refractivity contribution is 0.0634. The molecule has 0 saturated carbocycles. The number of amides is 1. The standard InChI is InChI=1S/C14H18N4O/c19-13-11-5-1-2-6-12(11)18(16-8-3-4-9-16)14-15-7-10-17(13)14/h1-2,5-6,14-15H,3-4,7-10H2. The van der Waals surface area contributed by atoms with Crippen LogP contribution in [-0.4, -0.2) is 48.3 Å². The molecule has 0 spiro atoms. The maximum atomic E-state index is 12.5. The molecule has 1 atom stereocenters. The van der Waals surface area contributed by atoms with Gasteiger partial charge in [-0.2, -0.15) is 0 Å². The van der Waals surface area contributed by atoms with Crippen LogP contribution in [0, 0.1) is 0 Å². The average molecular weight is 258 g/mol. The molecule has 1 aromatic carbocycles. The van der Waals surface area contributed by atoms with Crippen LogP contribution in [0.4, 0.5) is 5.69 Å². The molecule has 3 heterocycles. The zero-order valence-corrected chi connectivity index (χ0v) is 10.9. The molecule has 3 aliphatic heterocycles. The van der Waals surface area contributed by atoms with E-state index in [0.717, 1.165) is 37.4 Å². The van der Waals surface area contributed by atoms with Gasteiger partial charge in [0.05, 0.1) is 11.3 Å². The summed E-state index contributed by atoms with van der Waals surface area (Å²) < 4.78 is 0. The zero-order chi connectivity index (χ0) is 12.8. The number of anilines is 1. The van der Waals surface area contributed by atoms with Crippen LogP contribution in [0.15, 0.2) is 24.3 Å². The predicted molar refractivity (Wildman–Crippen MR) is 72.6 cm³/mol. The van der Waals surface area contributed by atoms with E-state index in [9.17, 15) is 4.79 Å². The third-order valence-electron chi connectivity index (χ3n) is 4.24. The largest absolute Gasteiger partial charge is 0.303 e. The number of fused-ring (bicyclic) bond motifs is 2. The van der Waals surface area contributed by atoms with Crippen molar-refractivity contribution in [3.05, 3.63) is 29.8 Å². The maximum Gasteiger partial charge on any atom is 0.258 e. The number of hydrazine groups is 1. The van der Waals surface area contributed by atoms with Crippen molar-refractivity contribution in [1.82, 2.24) is 15.2 Å². The fraction of sp³-hybridized carbons (Fsp3) is 0.500. The molecule has 0 radical (unpaired) electrons. The second-order valence-corrected chi connectivity index (χ2v) is 5.35. The van der Waals surface area contributed by atoms with Crippen molar-refractivity contribution in [2.75, 3.05) is 31.2 Å². The van der Waals surface area contributed by atoms with Gasteiger partial charge in [-0.05, 0) is 25.0 Å². The van der Waals surface area contributed by atoms with E-state index in [1.54, 1.807) is 0 Å². The van der Waals surface area contributed by atoms with Crippen molar-refractivity contribution in [2.24, 2.45) is 0 Å². The summed E-state index contributed by atoms with van der Waals surface area (Å²) in [4.78, 5) is 14.4. The Morgan fingerprint density at radius 2 is 1.89 bits per heavy atom. The van der Waals surface area contributed by atoms with Gasteiger partial charge in [0.2, 0.25) is 0 Å². The number of para-hydroxylation sites is 1. The molecule has 1 aromatic rings. The molecule has 5 nitrogen and oxygen atoms in total. The van der Waals surface area contributed by atoms with E-state index >= 15 is 0 Å². The van der Waals surface area contributed by atoms with Gasteiger partial charge in [-0.25, -0.2) is 5.01 Å². The minimum Gasteiger partial charge on any atom is -0.303 e. The van der Waals surface area contributed by atoms with E-state index in [1.165, 1.54) is 12.8 Å². The summed E-state index contributed by atoms with van der Waals surface area (Å²) in [6.45, 7) is 3.82. The molecule has 19 heavy (non-hydrogen) atoms. The van der Waals surface area contributed by atoms with Gasteiger partial charge in [0.15, 0.2) is 6.29 Å². The SMILES string of the molecule is O=C1c2ccccc2N(N2CCCC2)C2NCCN12. The highest BCUT2D eigenvalue weighted by Gasteiger charge is 2.42. The number of rotatable bonds is 1. The van der Waals surface area contributed by atoms with Crippen LogP contribution in [-0.2, 0) is 0 Å². The normalized spacial score (nSPS) is 26.7. The summed E-state index contributed by atoms with van der Waals surface area (Å²) in [6.07, 6.45) is 2.47. The molecule has 2 fully saturated rings. The van der Waals surface area contributed by atoms with Crippen LogP contribution in [0.1, 0.15) is 23.2 Å². The second-order valence-electron chi connectivity index (χ2n) is 5.35. The van der Waals surface area contributed by atoms with Crippen molar-refractivity contribution >= 4 is 11.6 Å². The fourth-order valence-corrected chi connectivity index (χ4v) is 3.34. The van der Waals surface area contributed by atoms with Gasteiger partial charge in [-0.3, -0.25) is 15.1 Å². The van der Waals surface area contributed by atoms with Gasteiger partial charge in [0.25, 0.3) is 5.91 Å². The van der Waals surface area contributed by atoms with Gasteiger partial charge in [0.1, 0.15) is 0 Å². The topological polar surface area (TPSA) is 38.8 Å². The first-order valence-corrected chi connectivity index (χ1v) is 7.04. The van der Waals surface area contributed by atoms with Crippen LogP contribution < -0.4 is 10.3 Å². The average Bonchev–Trinajstić information content (AvgIpc) is 3.10. The van der Waals surface area contributed by atoms with Crippen molar-refractivity contribution < 1.29 is 4.79 Å². The Labute approximate surface area is 112 Å². The number of hydrogen-bond donors (Lipinski definition) is 1. The number of nitrogens with one attached hydrogen (secondary N) is 1. The summed E-state index contributed by atoms with van der Waals surface area (Å²) >= 11 is 0. The molecule has 1 amide bonds. The first-order valence-electron chi connectivity index (χ1n) is 7.04. The first kappa shape index (κ1) is 11.3. The number of carbonyl (C=O) groups is 1. The monoisotopic (exact) mass is 258 g/mol. The van der Waals surface area contributed by atoms with Gasteiger partial charge < -0.3 is 4.90 Å². The zero-order valence-electron chi connectivity index (χ0n) is 10.9. The third kappa shape index (κ3) is 1.58. The Balaban J connectivity index is 1.82. The first-order chi connectivity index (χ1) is 9.36. The second kappa shape index (κ2) is 4.21. The minimum absolute atomic E-state index is 0.000463. The molecule has 100 valence electrons. The van der Waals surface area contributed by atoms with E-state index in [-0.39, 0.29) is 12.2 Å².